The molecule has 94 valence electrons. The molecule has 0 spiro atoms. The minimum atomic E-state index is 0.216. The fourth-order valence-electron chi connectivity index (χ4n) is 2.52. The molecule has 0 saturated heterocycles. The van der Waals surface area contributed by atoms with Crippen LogP contribution in [0.1, 0.15) is 25.8 Å². The maximum Gasteiger partial charge on any atom is 0.0652 e. The van der Waals surface area contributed by atoms with Crippen LogP contribution >= 0.6 is 11.6 Å². The van der Waals surface area contributed by atoms with Gasteiger partial charge in [-0.25, -0.2) is 0 Å². The van der Waals surface area contributed by atoms with Crippen LogP contribution in [0.15, 0.2) is 24.3 Å². The Labute approximate surface area is 108 Å². The molecular formula is C14H20ClNO. The summed E-state index contributed by atoms with van der Waals surface area (Å²) < 4.78 is 5.44. The van der Waals surface area contributed by atoms with E-state index < -0.39 is 0 Å². The van der Waals surface area contributed by atoms with Crippen molar-refractivity contribution in [1.82, 2.24) is 5.32 Å². The lowest BCUT2D eigenvalue weighted by Crippen LogP contribution is -2.60. The number of hydrogen-bond donors (Lipinski definition) is 1. The van der Waals surface area contributed by atoms with E-state index in [-0.39, 0.29) is 5.41 Å². The number of rotatable bonds is 4. The predicted octanol–water partition coefficient (Wildman–Crippen LogP) is 3.24. The molecular weight excluding hydrogens is 234 g/mol. The Morgan fingerprint density at radius 3 is 2.82 bits per heavy atom. The second-order valence-corrected chi connectivity index (χ2v) is 5.78. The van der Waals surface area contributed by atoms with Gasteiger partial charge in [-0.15, -0.1) is 0 Å². The molecule has 0 aliphatic heterocycles. The number of hydrogen-bond acceptors (Lipinski definition) is 2. The summed E-state index contributed by atoms with van der Waals surface area (Å²) in [4.78, 5) is 0. The van der Waals surface area contributed by atoms with Gasteiger partial charge < -0.3 is 10.1 Å². The van der Waals surface area contributed by atoms with Crippen LogP contribution in [0, 0.1) is 5.41 Å². The first kappa shape index (κ1) is 12.9. The molecule has 0 radical (unpaired) electrons. The maximum absolute atomic E-state index is 5.96. The molecule has 2 atom stereocenters. The molecule has 1 aromatic rings. The van der Waals surface area contributed by atoms with Crippen LogP contribution < -0.4 is 5.32 Å². The number of benzene rings is 1. The van der Waals surface area contributed by atoms with Crippen LogP contribution in [0.2, 0.25) is 5.02 Å². The standard InChI is InChI=1S/C14H20ClNO/c1-14(2)12(8-13(14)17-3)16-9-10-5-4-6-11(15)7-10/h4-7,12-13,16H,8-9H2,1-3H3. The Morgan fingerprint density at radius 1 is 1.47 bits per heavy atom. The quantitative estimate of drug-likeness (QED) is 0.890. The second-order valence-electron chi connectivity index (χ2n) is 5.34. The SMILES string of the molecule is COC1CC(NCc2cccc(Cl)c2)C1(C)C. The third-order valence-corrected chi connectivity index (χ3v) is 4.14. The molecule has 1 saturated carbocycles. The molecule has 2 rings (SSSR count). The molecule has 0 amide bonds. The molecule has 17 heavy (non-hydrogen) atoms. The molecule has 1 aliphatic carbocycles. The fraction of sp³-hybridized carbons (Fsp3) is 0.571. The van der Waals surface area contributed by atoms with Crippen molar-refractivity contribution in [2.45, 2.75) is 39.0 Å². The third-order valence-electron chi connectivity index (χ3n) is 3.90. The van der Waals surface area contributed by atoms with E-state index in [1.807, 2.05) is 18.2 Å². The highest BCUT2D eigenvalue weighted by molar-refractivity contribution is 6.30. The Kier molecular flexibility index (Phi) is 3.76. The molecule has 1 aliphatic rings. The summed E-state index contributed by atoms with van der Waals surface area (Å²) in [6.45, 7) is 5.37. The highest BCUT2D eigenvalue weighted by Crippen LogP contribution is 2.42. The number of methoxy groups -OCH3 is 1. The molecule has 1 fully saturated rings. The van der Waals surface area contributed by atoms with Gasteiger partial charge >= 0.3 is 0 Å². The minimum Gasteiger partial charge on any atom is -0.381 e. The van der Waals surface area contributed by atoms with Crippen molar-refractivity contribution in [3.05, 3.63) is 34.9 Å². The predicted molar refractivity (Wildman–Crippen MR) is 71.3 cm³/mol. The lowest BCUT2D eigenvalue weighted by Gasteiger charge is -2.51. The van der Waals surface area contributed by atoms with Gasteiger partial charge in [-0.2, -0.15) is 0 Å². The largest absolute Gasteiger partial charge is 0.381 e. The van der Waals surface area contributed by atoms with Crippen molar-refractivity contribution < 1.29 is 4.74 Å². The van der Waals surface area contributed by atoms with Crippen molar-refractivity contribution in [3.8, 4) is 0 Å². The summed E-state index contributed by atoms with van der Waals surface area (Å²) in [5.74, 6) is 0. The normalized spacial score (nSPS) is 26.6. The van der Waals surface area contributed by atoms with Gasteiger partial charge in [0.15, 0.2) is 0 Å². The van der Waals surface area contributed by atoms with E-state index in [4.69, 9.17) is 16.3 Å². The number of halogens is 1. The van der Waals surface area contributed by atoms with E-state index in [1.54, 1.807) is 7.11 Å². The first-order valence-corrected chi connectivity index (χ1v) is 6.42. The highest BCUT2D eigenvalue weighted by Gasteiger charge is 2.48. The van der Waals surface area contributed by atoms with Crippen LogP contribution in [0.4, 0.5) is 0 Å². The molecule has 1 aromatic carbocycles. The van der Waals surface area contributed by atoms with Crippen molar-refractivity contribution in [1.29, 1.82) is 0 Å². The summed E-state index contributed by atoms with van der Waals surface area (Å²) in [7, 11) is 1.79. The lowest BCUT2D eigenvalue weighted by atomic mass is 9.64. The van der Waals surface area contributed by atoms with Crippen LogP contribution in [-0.4, -0.2) is 19.3 Å². The maximum atomic E-state index is 5.96. The molecule has 0 heterocycles. The van der Waals surface area contributed by atoms with Gasteiger partial charge in [0.25, 0.3) is 0 Å². The van der Waals surface area contributed by atoms with Crippen molar-refractivity contribution in [2.24, 2.45) is 5.41 Å². The zero-order valence-corrected chi connectivity index (χ0v) is 11.4. The van der Waals surface area contributed by atoms with Crippen LogP contribution in [0.3, 0.4) is 0 Å². The van der Waals surface area contributed by atoms with Gasteiger partial charge in [0.05, 0.1) is 6.10 Å². The molecule has 1 N–H and O–H groups in total. The highest BCUT2D eigenvalue weighted by atomic mass is 35.5. The van der Waals surface area contributed by atoms with Gasteiger partial charge in [0.1, 0.15) is 0 Å². The van der Waals surface area contributed by atoms with E-state index in [1.165, 1.54) is 5.56 Å². The van der Waals surface area contributed by atoms with E-state index in [2.05, 4.69) is 25.2 Å². The zero-order valence-electron chi connectivity index (χ0n) is 10.7. The number of nitrogens with one attached hydrogen (secondary N) is 1. The summed E-state index contributed by atoms with van der Waals surface area (Å²) in [6.07, 6.45) is 1.46. The molecule has 0 aromatic heterocycles. The average molecular weight is 254 g/mol. The summed E-state index contributed by atoms with van der Waals surface area (Å²) >= 11 is 5.96. The smallest absolute Gasteiger partial charge is 0.0652 e. The van der Waals surface area contributed by atoms with Crippen LogP contribution in [0.25, 0.3) is 0 Å². The Balaban J connectivity index is 1.88. The van der Waals surface area contributed by atoms with Crippen LogP contribution in [-0.2, 0) is 11.3 Å². The van der Waals surface area contributed by atoms with Gasteiger partial charge in [0, 0.05) is 30.1 Å². The van der Waals surface area contributed by atoms with E-state index in [0.29, 0.717) is 12.1 Å². The topological polar surface area (TPSA) is 21.3 Å². The molecule has 0 bridgehead atoms. The van der Waals surface area contributed by atoms with E-state index in [0.717, 1.165) is 18.0 Å². The number of ether oxygens (including phenoxy) is 1. The van der Waals surface area contributed by atoms with Gasteiger partial charge in [0.2, 0.25) is 0 Å². The summed E-state index contributed by atoms with van der Waals surface area (Å²) in [6, 6.07) is 8.51. The van der Waals surface area contributed by atoms with Crippen LogP contribution in [0.5, 0.6) is 0 Å². The van der Waals surface area contributed by atoms with Crippen molar-refractivity contribution in [3.63, 3.8) is 0 Å². The fourth-order valence-corrected chi connectivity index (χ4v) is 2.73. The monoisotopic (exact) mass is 253 g/mol. The Hall–Kier alpha value is -0.570. The Bertz CT molecular complexity index is 392. The lowest BCUT2D eigenvalue weighted by molar-refractivity contribution is -0.0979. The Morgan fingerprint density at radius 2 is 2.24 bits per heavy atom. The van der Waals surface area contributed by atoms with Crippen molar-refractivity contribution >= 4 is 11.6 Å². The van der Waals surface area contributed by atoms with E-state index >= 15 is 0 Å². The summed E-state index contributed by atoms with van der Waals surface area (Å²) in [5.41, 5.74) is 1.45. The van der Waals surface area contributed by atoms with Crippen molar-refractivity contribution in [2.75, 3.05) is 7.11 Å². The van der Waals surface area contributed by atoms with E-state index in [9.17, 15) is 0 Å². The minimum absolute atomic E-state index is 0.216. The molecule has 2 unspecified atom stereocenters. The van der Waals surface area contributed by atoms with Gasteiger partial charge in [-0.3, -0.25) is 0 Å². The molecule has 2 nitrogen and oxygen atoms in total. The average Bonchev–Trinajstić information content (AvgIpc) is 2.28. The second kappa shape index (κ2) is 4.97. The van der Waals surface area contributed by atoms with Gasteiger partial charge in [-0.05, 0) is 24.1 Å². The third kappa shape index (κ3) is 2.65. The zero-order chi connectivity index (χ0) is 12.5. The van der Waals surface area contributed by atoms with Gasteiger partial charge in [-0.1, -0.05) is 37.6 Å². The first-order valence-electron chi connectivity index (χ1n) is 6.04. The summed E-state index contributed by atoms with van der Waals surface area (Å²) in [5, 5.41) is 4.38. The first-order chi connectivity index (χ1) is 8.04. The molecule has 3 heteroatoms.